The predicted octanol–water partition coefficient (Wildman–Crippen LogP) is 2.98. The number of benzene rings is 1. The molecule has 0 spiro atoms. The number of ether oxygens (including phenoxy) is 1. The van der Waals surface area contributed by atoms with Gasteiger partial charge in [0.1, 0.15) is 12.4 Å². The van der Waals surface area contributed by atoms with Crippen molar-refractivity contribution in [2.45, 2.75) is 31.9 Å². The molecule has 0 saturated carbocycles. The highest BCUT2D eigenvalue weighted by Gasteiger charge is 2.30. The second kappa shape index (κ2) is 8.92. The maximum Gasteiger partial charge on any atom is 0.416 e. The zero-order chi connectivity index (χ0) is 17.4. The summed E-state index contributed by atoms with van der Waals surface area (Å²) in [6.45, 7) is 2.44. The minimum absolute atomic E-state index is 0.0406. The Labute approximate surface area is 139 Å². The lowest BCUT2D eigenvalue weighted by Crippen LogP contribution is -2.30. The number of carbonyl (C=O) groups is 1. The van der Waals surface area contributed by atoms with Gasteiger partial charge in [0.15, 0.2) is 0 Å². The molecule has 0 aromatic heterocycles. The molecule has 1 amide bonds. The van der Waals surface area contributed by atoms with E-state index >= 15 is 0 Å². The Morgan fingerprint density at radius 3 is 2.75 bits per heavy atom. The van der Waals surface area contributed by atoms with Crippen molar-refractivity contribution in [1.29, 1.82) is 0 Å². The second-order valence-corrected chi connectivity index (χ2v) is 5.96. The van der Waals surface area contributed by atoms with E-state index in [2.05, 4.69) is 10.6 Å². The molecule has 0 unspecified atom stereocenters. The molecule has 1 aromatic carbocycles. The van der Waals surface area contributed by atoms with Gasteiger partial charge in [-0.3, -0.25) is 4.79 Å². The molecule has 0 bridgehead atoms. The fourth-order valence-corrected chi connectivity index (χ4v) is 2.72. The number of rotatable bonds is 7. The monoisotopic (exact) mass is 344 g/mol. The van der Waals surface area contributed by atoms with Crippen molar-refractivity contribution in [2.24, 2.45) is 5.92 Å². The van der Waals surface area contributed by atoms with Gasteiger partial charge in [0.25, 0.3) is 0 Å². The zero-order valence-electron chi connectivity index (χ0n) is 13.5. The molecule has 0 aliphatic carbocycles. The van der Waals surface area contributed by atoms with E-state index in [-0.39, 0.29) is 24.8 Å². The van der Waals surface area contributed by atoms with Crippen LogP contribution in [0.1, 0.15) is 31.2 Å². The Morgan fingerprint density at radius 2 is 2.04 bits per heavy atom. The molecule has 2 rings (SSSR count). The fourth-order valence-electron chi connectivity index (χ4n) is 2.72. The lowest BCUT2D eigenvalue weighted by Gasteiger charge is -2.22. The first kappa shape index (κ1) is 18.6. The van der Waals surface area contributed by atoms with Crippen LogP contribution in [0.5, 0.6) is 5.75 Å². The van der Waals surface area contributed by atoms with E-state index in [0.717, 1.165) is 44.5 Å². The molecule has 7 heteroatoms. The number of piperidine rings is 1. The maximum absolute atomic E-state index is 12.6. The fraction of sp³-hybridized carbons (Fsp3) is 0.588. The molecule has 1 aliphatic rings. The number of carbonyl (C=O) groups excluding carboxylic acids is 1. The average molecular weight is 344 g/mol. The zero-order valence-corrected chi connectivity index (χ0v) is 13.5. The third-order valence-corrected chi connectivity index (χ3v) is 4.09. The predicted molar refractivity (Wildman–Crippen MR) is 84.8 cm³/mol. The van der Waals surface area contributed by atoms with Crippen molar-refractivity contribution in [3.63, 3.8) is 0 Å². The van der Waals surface area contributed by atoms with Gasteiger partial charge in [0.2, 0.25) is 5.91 Å². The van der Waals surface area contributed by atoms with Crippen LogP contribution in [0.25, 0.3) is 0 Å². The van der Waals surface area contributed by atoms with Crippen LogP contribution >= 0.6 is 0 Å². The Hall–Kier alpha value is -1.76. The molecule has 1 aliphatic heterocycles. The Kier molecular flexibility index (Phi) is 6.90. The van der Waals surface area contributed by atoms with Crippen LogP contribution in [0.4, 0.5) is 13.2 Å². The molecule has 134 valence electrons. The van der Waals surface area contributed by atoms with E-state index < -0.39 is 11.7 Å². The molecule has 1 saturated heterocycles. The summed E-state index contributed by atoms with van der Waals surface area (Å²) in [5, 5.41) is 6.02. The Balaban J connectivity index is 1.63. The van der Waals surface area contributed by atoms with E-state index in [9.17, 15) is 18.0 Å². The van der Waals surface area contributed by atoms with Crippen molar-refractivity contribution < 1.29 is 22.7 Å². The van der Waals surface area contributed by atoms with Crippen molar-refractivity contribution in [3.05, 3.63) is 29.8 Å². The van der Waals surface area contributed by atoms with Gasteiger partial charge in [0, 0.05) is 6.42 Å². The highest BCUT2D eigenvalue weighted by atomic mass is 19.4. The molecule has 0 atom stereocenters. The van der Waals surface area contributed by atoms with Crippen LogP contribution < -0.4 is 15.4 Å². The van der Waals surface area contributed by atoms with Gasteiger partial charge in [-0.2, -0.15) is 13.2 Å². The quantitative estimate of drug-likeness (QED) is 0.748. The molecule has 4 nitrogen and oxygen atoms in total. The summed E-state index contributed by atoms with van der Waals surface area (Å²) in [5.41, 5.74) is -0.744. The largest absolute Gasteiger partial charge is 0.492 e. The lowest BCUT2D eigenvalue weighted by atomic mass is 9.93. The first-order chi connectivity index (χ1) is 11.4. The van der Waals surface area contributed by atoms with E-state index in [1.54, 1.807) is 0 Å². The molecule has 24 heavy (non-hydrogen) atoms. The normalized spacial score (nSPS) is 16.0. The molecule has 1 fully saturated rings. The van der Waals surface area contributed by atoms with Gasteiger partial charge in [-0.15, -0.1) is 0 Å². The van der Waals surface area contributed by atoms with Crippen molar-refractivity contribution in [1.82, 2.24) is 10.6 Å². The first-order valence-electron chi connectivity index (χ1n) is 8.22. The summed E-state index contributed by atoms with van der Waals surface area (Å²) >= 11 is 0. The van der Waals surface area contributed by atoms with Crippen LogP contribution in [0, 0.1) is 5.92 Å². The number of hydrogen-bond acceptors (Lipinski definition) is 3. The van der Waals surface area contributed by atoms with Crippen LogP contribution in [0.3, 0.4) is 0 Å². The summed E-state index contributed by atoms with van der Waals surface area (Å²) in [6.07, 6.45) is -0.823. The van der Waals surface area contributed by atoms with Crippen molar-refractivity contribution in [2.75, 3.05) is 26.2 Å². The summed E-state index contributed by atoms with van der Waals surface area (Å²) in [7, 11) is 0. The summed E-state index contributed by atoms with van der Waals surface area (Å²) in [4.78, 5) is 11.8. The van der Waals surface area contributed by atoms with Gasteiger partial charge in [0.05, 0.1) is 12.1 Å². The molecule has 2 N–H and O–H groups in total. The molecular formula is C17H23F3N2O2. The van der Waals surface area contributed by atoms with Crippen LogP contribution in [-0.4, -0.2) is 32.1 Å². The van der Waals surface area contributed by atoms with Crippen molar-refractivity contribution in [3.8, 4) is 5.75 Å². The highest BCUT2D eigenvalue weighted by molar-refractivity contribution is 5.75. The Bertz CT molecular complexity index is 529. The first-order valence-corrected chi connectivity index (χ1v) is 8.22. The molecule has 1 aromatic rings. The summed E-state index contributed by atoms with van der Waals surface area (Å²) < 4.78 is 43.0. The molecular weight excluding hydrogens is 321 g/mol. The Morgan fingerprint density at radius 1 is 1.29 bits per heavy atom. The van der Waals surface area contributed by atoms with E-state index in [1.165, 1.54) is 12.1 Å². The smallest absolute Gasteiger partial charge is 0.416 e. The average Bonchev–Trinajstić information content (AvgIpc) is 2.57. The number of nitrogens with one attached hydrogen (secondary N) is 2. The third-order valence-electron chi connectivity index (χ3n) is 4.09. The van der Waals surface area contributed by atoms with E-state index in [1.807, 2.05) is 0 Å². The minimum Gasteiger partial charge on any atom is -0.492 e. The summed E-state index contributed by atoms with van der Waals surface area (Å²) in [5.74, 6) is 0.702. The molecule has 0 radical (unpaired) electrons. The van der Waals surface area contributed by atoms with Gasteiger partial charge in [-0.05, 0) is 56.5 Å². The summed E-state index contributed by atoms with van der Waals surface area (Å²) in [6, 6.07) is 4.72. The van der Waals surface area contributed by atoms with Crippen LogP contribution in [0.15, 0.2) is 24.3 Å². The standard InChI is InChI=1S/C17H23F3N2O2/c18-17(19,20)14-2-1-3-15(12-14)24-11-10-22-16(23)5-4-13-6-8-21-9-7-13/h1-3,12-13,21H,4-11H2,(H,22,23). The van der Waals surface area contributed by atoms with Crippen molar-refractivity contribution >= 4 is 5.91 Å². The second-order valence-electron chi connectivity index (χ2n) is 5.96. The third kappa shape index (κ3) is 6.39. The SMILES string of the molecule is O=C(CCC1CCNCC1)NCCOc1cccc(C(F)(F)F)c1. The minimum atomic E-state index is -4.39. The number of amides is 1. The highest BCUT2D eigenvalue weighted by Crippen LogP contribution is 2.31. The lowest BCUT2D eigenvalue weighted by molar-refractivity contribution is -0.137. The number of halogens is 3. The molecule has 1 heterocycles. The number of hydrogen-bond donors (Lipinski definition) is 2. The van der Waals surface area contributed by atoms with Gasteiger partial charge in [-0.1, -0.05) is 6.07 Å². The van der Waals surface area contributed by atoms with E-state index in [4.69, 9.17) is 4.74 Å². The topological polar surface area (TPSA) is 50.4 Å². The number of alkyl halides is 3. The van der Waals surface area contributed by atoms with Gasteiger partial charge in [-0.25, -0.2) is 0 Å². The van der Waals surface area contributed by atoms with Crippen LogP contribution in [0.2, 0.25) is 0 Å². The van der Waals surface area contributed by atoms with Gasteiger partial charge >= 0.3 is 6.18 Å². The van der Waals surface area contributed by atoms with E-state index in [0.29, 0.717) is 12.3 Å². The maximum atomic E-state index is 12.6. The van der Waals surface area contributed by atoms with Crippen LogP contribution in [-0.2, 0) is 11.0 Å². The van der Waals surface area contributed by atoms with Gasteiger partial charge < -0.3 is 15.4 Å².